The molecule has 2 N–H and O–H groups in total. The molecule has 0 aliphatic heterocycles. The van der Waals surface area contributed by atoms with Gasteiger partial charge in [-0.25, -0.2) is 14.3 Å². The van der Waals surface area contributed by atoms with Gasteiger partial charge in [0.15, 0.2) is 10.2 Å². The number of rotatable bonds is 6. The predicted molar refractivity (Wildman–Crippen MR) is 106 cm³/mol. The first kappa shape index (κ1) is 25.5. The Kier molecular flexibility index (Phi) is 9.35. The Bertz CT molecular complexity index is 1010. The van der Waals surface area contributed by atoms with Crippen LogP contribution in [0.3, 0.4) is 0 Å². The molecule has 30 heavy (non-hydrogen) atoms. The van der Waals surface area contributed by atoms with Gasteiger partial charge in [-0.3, -0.25) is 10.00 Å². The zero-order valence-electron chi connectivity index (χ0n) is 15.8. The Morgan fingerprint density at radius 1 is 1.10 bits per heavy atom. The number of methoxy groups -OCH3 is 3. The summed E-state index contributed by atoms with van der Waals surface area (Å²) < 4.78 is 42.0. The molecule has 0 saturated carbocycles. The van der Waals surface area contributed by atoms with Gasteiger partial charge in [-0.2, -0.15) is 23.5 Å². The second kappa shape index (κ2) is 11.0. The summed E-state index contributed by atoms with van der Waals surface area (Å²) in [5.41, 5.74) is -0.522. The average molecular weight is 506 g/mol. The molecule has 0 aromatic carbocycles. The molecule has 0 aliphatic rings. The topological polar surface area (TPSA) is 164 Å². The van der Waals surface area contributed by atoms with Crippen LogP contribution in [0.5, 0.6) is 11.8 Å². The van der Waals surface area contributed by atoms with Crippen LogP contribution in [-0.4, -0.2) is 61.5 Å². The number of hydrogen-bond donors (Lipinski definition) is 2. The quantitative estimate of drug-likeness (QED) is 0.550. The van der Waals surface area contributed by atoms with Crippen LogP contribution in [0.25, 0.3) is 0 Å². The van der Waals surface area contributed by atoms with Gasteiger partial charge in [-0.1, -0.05) is 11.6 Å². The van der Waals surface area contributed by atoms with E-state index < -0.39 is 37.8 Å². The minimum atomic E-state index is -4.57. The van der Waals surface area contributed by atoms with Crippen LogP contribution in [0.2, 0.25) is 5.15 Å². The fourth-order valence-corrected chi connectivity index (χ4v) is 3.59. The Morgan fingerprint density at radius 2 is 1.63 bits per heavy atom. The van der Waals surface area contributed by atoms with Crippen molar-refractivity contribution in [3.8, 4) is 11.8 Å². The number of aryl methyl sites for hydroxylation is 1. The minimum Gasteiger partial charge on any atom is -0.481 e. The Morgan fingerprint density at radius 3 is 2.10 bits per heavy atom. The second-order valence-corrected chi connectivity index (χ2v) is 6.88. The van der Waals surface area contributed by atoms with E-state index in [1.807, 2.05) is 0 Å². The van der Waals surface area contributed by atoms with Gasteiger partial charge < -0.3 is 14.2 Å². The number of anilines is 1. The average Bonchev–Trinajstić information content (AvgIpc) is 3.02. The molecule has 0 radical (unpaired) electrons. The fourth-order valence-electron chi connectivity index (χ4n) is 2.03. The number of esters is 1. The Labute approximate surface area is 185 Å². The number of ether oxygens (including phenoxy) is 3. The van der Waals surface area contributed by atoms with E-state index >= 15 is 0 Å². The molecule has 2 heterocycles. The zero-order chi connectivity index (χ0) is 23.1. The molecule has 2 rings (SSSR count). The summed E-state index contributed by atoms with van der Waals surface area (Å²) in [6.45, 7) is 0. The largest absolute Gasteiger partial charge is 0.481 e. The number of nitrogens with one attached hydrogen (secondary N) is 2. The lowest BCUT2D eigenvalue weighted by atomic mass is 10.4. The third kappa shape index (κ3) is 5.98. The first-order chi connectivity index (χ1) is 14.1. The summed E-state index contributed by atoms with van der Waals surface area (Å²) in [6.07, 6.45) is 0. The Hall–Kier alpha value is -2.55. The molecule has 0 spiro atoms. The lowest BCUT2D eigenvalue weighted by Gasteiger charge is -2.10. The molecular weight excluding hydrogens is 491 g/mol. The van der Waals surface area contributed by atoms with Gasteiger partial charge >= 0.3 is 12.0 Å². The van der Waals surface area contributed by atoms with Crippen LogP contribution in [0, 0.1) is 0 Å². The molecule has 2 amide bonds. The number of halogens is 3. The third-order valence-electron chi connectivity index (χ3n) is 3.15. The highest BCUT2D eigenvalue weighted by molar-refractivity contribution is 7.90. The maximum Gasteiger partial charge on any atom is 0.344 e. The van der Waals surface area contributed by atoms with E-state index in [-0.39, 0.29) is 17.7 Å². The van der Waals surface area contributed by atoms with Crippen LogP contribution in [-0.2, 0) is 21.8 Å². The van der Waals surface area contributed by atoms with Crippen molar-refractivity contribution < 1.29 is 32.2 Å². The fraction of sp³-hybridized carbons (Fsp3) is 0.308. The molecule has 2 aromatic rings. The van der Waals surface area contributed by atoms with Gasteiger partial charge in [0.2, 0.25) is 17.7 Å². The summed E-state index contributed by atoms with van der Waals surface area (Å²) in [5, 5.41) is 4.70. The standard InChI is InChI=1S/C13H15ClN6O7S.Cl2/c1-20-10(8(9(14)18-20)11(21)27-4)28(23,24)19-13(22)17-12-15-6(25-2)5-7(16-12)26-3;1-2/h5H,1-4H3,(H2,15,16,17,19,22);. The van der Waals surface area contributed by atoms with E-state index in [1.54, 1.807) is 4.72 Å². The van der Waals surface area contributed by atoms with Gasteiger partial charge in [0.1, 0.15) is 5.56 Å². The van der Waals surface area contributed by atoms with Crippen molar-refractivity contribution in [1.82, 2.24) is 24.5 Å². The third-order valence-corrected chi connectivity index (χ3v) is 4.84. The Balaban J connectivity index is 0.00000218. The highest BCUT2D eigenvalue weighted by Crippen LogP contribution is 2.24. The molecule has 13 nitrogen and oxygen atoms in total. The lowest BCUT2D eigenvalue weighted by molar-refractivity contribution is 0.0596. The summed E-state index contributed by atoms with van der Waals surface area (Å²) in [5.74, 6) is -1.20. The van der Waals surface area contributed by atoms with Crippen molar-refractivity contribution >= 4 is 61.3 Å². The number of nitrogens with zero attached hydrogens (tertiary/aromatic N) is 4. The van der Waals surface area contributed by atoms with Gasteiger partial charge in [-0.15, -0.1) is 0 Å². The van der Waals surface area contributed by atoms with E-state index in [2.05, 4.69) is 46.8 Å². The number of carbonyl (C=O) groups is 2. The molecule has 0 aliphatic carbocycles. The van der Waals surface area contributed by atoms with E-state index in [0.717, 1.165) is 11.8 Å². The molecule has 2 aromatic heterocycles. The molecule has 0 bridgehead atoms. The summed E-state index contributed by atoms with van der Waals surface area (Å²) >= 11 is 5.79. The SMILES string of the molecule is COC(=O)c1c(Cl)nn(C)c1S(=O)(=O)NC(=O)Nc1nc(OC)cc(OC)n1.ClCl. The molecule has 0 unspecified atom stereocenters. The van der Waals surface area contributed by atoms with Crippen LogP contribution in [0.1, 0.15) is 10.4 Å². The number of urea groups is 1. The van der Waals surface area contributed by atoms with Gasteiger partial charge in [-0.05, 0) is 0 Å². The highest BCUT2D eigenvalue weighted by Gasteiger charge is 2.33. The molecule has 17 heteroatoms. The van der Waals surface area contributed by atoms with Gasteiger partial charge in [0, 0.05) is 28.8 Å². The van der Waals surface area contributed by atoms with E-state index in [0.29, 0.717) is 0 Å². The highest BCUT2D eigenvalue weighted by atomic mass is 36.5. The molecule has 0 saturated heterocycles. The first-order valence-electron chi connectivity index (χ1n) is 7.38. The number of carbonyl (C=O) groups excluding carboxylic acids is 2. The van der Waals surface area contributed by atoms with Crippen LogP contribution >= 0.6 is 33.3 Å². The van der Waals surface area contributed by atoms with Crippen molar-refractivity contribution in [3.05, 3.63) is 16.8 Å². The monoisotopic (exact) mass is 504 g/mol. The van der Waals surface area contributed by atoms with Crippen LogP contribution in [0.15, 0.2) is 11.1 Å². The molecule has 0 atom stereocenters. The maximum atomic E-state index is 12.6. The number of sulfonamides is 1. The predicted octanol–water partition coefficient (Wildman–Crippen LogP) is 1.56. The zero-order valence-corrected chi connectivity index (χ0v) is 18.9. The second-order valence-electron chi connectivity index (χ2n) is 4.92. The summed E-state index contributed by atoms with van der Waals surface area (Å²) in [7, 11) is 8.57. The number of amides is 2. The van der Waals surface area contributed by atoms with Crippen molar-refractivity contribution in [2.24, 2.45) is 7.05 Å². The molecule has 0 fully saturated rings. The molecular formula is C13H15Cl3N6O7S. The first-order valence-corrected chi connectivity index (χ1v) is 10.4. The van der Waals surface area contributed by atoms with E-state index in [9.17, 15) is 18.0 Å². The van der Waals surface area contributed by atoms with Gasteiger partial charge in [0.25, 0.3) is 10.0 Å². The van der Waals surface area contributed by atoms with Crippen LogP contribution < -0.4 is 19.5 Å². The van der Waals surface area contributed by atoms with Crippen molar-refractivity contribution in [3.63, 3.8) is 0 Å². The summed E-state index contributed by atoms with van der Waals surface area (Å²) in [4.78, 5) is 31.6. The maximum absolute atomic E-state index is 12.6. The van der Waals surface area contributed by atoms with Gasteiger partial charge in [0.05, 0.1) is 27.4 Å². The number of aromatic nitrogens is 4. The smallest absolute Gasteiger partial charge is 0.344 e. The summed E-state index contributed by atoms with van der Waals surface area (Å²) in [6, 6.07) is 0.128. The van der Waals surface area contributed by atoms with Crippen molar-refractivity contribution in [2.75, 3.05) is 26.6 Å². The lowest BCUT2D eigenvalue weighted by Crippen LogP contribution is -2.36. The van der Waals surface area contributed by atoms with Crippen molar-refractivity contribution in [1.29, 1.82) is 0 Å². The normalized spacial score (nSPS) is 10.4. The molecule has 166 valence electrons. The number of hydrogen-bond acceptors (Lipinski definition) is 10. The van der Waals surface area contributed by atoms with E-state index in [4.69, 9.17) is 21.1 Å². The van der Waals surface area contributed by atoms with Crippen molar-refractivity contribution in [2.45, 2.75) is 5.03 Å². The van der Waals surface area contributed by atoms with E-state index in [1.165, 1.54) is 27.3 Å². The van der Waals surface area contributed by atoms with Crippen LogP contribution in [0.4, 0.5) is 10.7 Å². The minimum absolute atomic E-state index is 0.0661.